The van der Waals surface area contributed by atoms with Gasteiger partial charge in [0.2, 0.25) is 5.91 Å². The van der Waals surface area contributed by atoms with Crippen LogP contribution in [0, 0.1) is 11.7 Å². The molecule has 1 saturated carbocycles. The first-order chi connectivity index (χ1) is 13.6. The van der Waals surface area contributed by atoms with Crippen LogP contribution < -0.4 is 10.2 Å². The van der Waals surface area contributed by atoms with Crippen LogP contribution in [0.5, 0.6) is 0 Å². The summed E-state index contributed by atoms with van der Waals surface area (Å²) in [5.74, 6) is -0.140. The van der Waals surface area contributed by atoms with Crippen molar-refractivity contribution < 1.29 is 14.0 Å². The molecule has 0 bridgehead atoms. The van der Waals surface area contributed by atoms with E-state index in [2.05, 4.69) is 5.32 Å². The highest BCUT2D eigenvalue weighted by atomic mass is 19.1. The lowest BCUT2D eigenvalue weighted by Gasteiger charge is -2.36. The van der Waals surface area contributed by atoms with E-state index in [0.29, 0.717) is 24.3 Å². The molecule has 2 aliphatic rings. The second-order valence-electron chi connectivity index (χ2n) is 7.47. The van der Waals surface area contributed by atoms with Crippen LogP contribution in [0.4, 0.5) is 20.6 Å². The van der Waals surface area contributed by atoms with Gasteiger partial charge in [-0.1, -0.05) is 30.7 Å². The Morgan fingerprint density at radius 3 is 2.64 bits per heavy atom. The number of nitrogens with one attached hydrogen (secondary N) is 1. The zero-order valence-electron chi connectivity index (χ0n) is 15.7. The van der Waals surface area contributed by atoms with E-state index >= 15 is 0 Å². The maximum absolute atomic E-state index is 14.0. The molecule has 6 heteroatoms. The summed E-state index contributed by atoms with van der Waals surface area (Å²) in [5, 5.41) is 2.96. The van der Waals surface area contributed by atoms with Gasteiger partial charge in [-0.2, -0.15) is 0 Å². The van der Waals surface area contributed by atoms with Crippen molar-refractivity contribution in [1.82, 2.24) is 4.90 Å². The highest BCUT2D eigenvalue weighted by molar-refractivity contribution is 5.96. The molecule has 1 N–H and O–H groups in total. The molecule has 28 heavy (non-hydrogen) atoms. The van der Waals surface area contributed by atoms with Crippen molar-refractivity contribution >= 4 is 23.3 Å². The van der Waals surface area contributed by atoms with Crippen LogP contribution in [-0.2, 0) is 11.3 Å². The van der Waals surface area contributed by atoms with E-state index in [1.54, 1.807) is 28.0 Å². The predicted molar refractivity (Wildman–Crippen MR) is 107 cm³/mol. The van der Waals surface area contributed by atoms with Gasteiger partial charge in [0.15, 0.2) is 0 Å². The first-order valence-corrected chi connectivity index (χ1v) is 9.82. The van der Waals surface area contributed by atoms with E-state index in [1.807, 2.05) is 24.3 Å². The lowest BCUT2D eigenvalue weighted by atomic mass is 9.85. The minimum absolute atomic E-state index is 0.0505. The number of carbonyl (C=O) groups excluding carboxylic acids is 2. The van der Waals surface area contributed by atoms with Crippen molar-refractivity contribution in [2.45, 2.75) is 32.2 Å². The van der Waals surface area contributed by atoms with Crippen LogP contribution in [0.25, 0.3) is 0 Å². The van der Waals surface area contributed by atoms with Gasteiger partial charge in [-0.05, 0) is 43.5 Å². The average Bonchev–Trinajstić information content (AvgIpc) is 2.64. The lowest BCUT2D eigenvalue weighted by molar-refractivity contribution is -0.122. The quantitative estimate of drug-likeness (QED) is 0.835. The first kappa shape index (κ1) is 18.5. The zero-order valence-corrected chi connectivity index (χ0v) is 15.7. The molecule has 4 rings (SSSR count). The summed E-state index contributed by atoms with van der Waals surface area (Å²) in [7, 11) is 0. The summed E-state index contributed by atoms with van der Waals surface area (Å²) in [6, 6.07) is 13.8. The molecule has 3 amide bonds. The number of amides is 3. The van der Waals surface area contributed by atoms with Gasteiger partial charge < -0.3 is 10.2 Å². The third-order valence-corrected chi connectivity index (χ3v) is 5.53. The number of halogens is 1. The summed E-state index contributed by atoms with van der Waals surface area (Å²) < 4.78 is 14.0. The van der Waals surface area contributed by atoms with Gasteiger partial charge in [0.25, 0.3) is 0 Å². The fourth-order valence-electron chi connectivity index (χ4n) is 3.67. The summed E-state index contributed by atoms with van der Waals surface area (Å²) in [4.78, 5) is 28.5. The third kappa shape index (κ3) is 3.86. The number of urea groups is 1. The van der Waals surface area contributed by atoms with Crippen LogP contribution in [0.15, 0.2) is 48.5 Å². The summed E-state index contributed by atoms with van der Waals surface area (Å²) >= 11 is 0. The Bertz CT molecular complexity index is 882. The maximum Gasteiger partial charge on any atom is 0.324 e. The van der Waals surface area contributed by atoms with Crippen LogP contribution in [0.2, 0.25) is 0 Å². The summed E-state index contributed by atoms with van der Waals surface area (Å²) in [6.45, 7) is 1.45. The fourth-order valence-corrected chi connectivity index (χ4v) is 3.67. The van der Waals surface area contributed by atoms with Gasteiger partial charge in [-0.25, -0.2) is 9.18 Å². The number of nitrogens with zero attached hydrogens (tertiary/aromatic N) is 2. The lowest BCUT2D eigenvalue weighted by Crippen LogP contribution is -2.49. The van der Waals surface area contributed by atoms with Crippen LogP contribution in [0.3, 0.4) is 0 Å². The van der Waals surface area contributed by atoms with Crippen LogP contribution in [-0.4, -0.2) is 29.9 Å². The van der Waals surface area contributed by atoms with Crippen molar-refractivity contribution in [3.63, 3.8) is 0 Å². The molecule has 0 unspecified atom stereocenters. The van der Waals surface area contributed by atoms with Crippen molar-refractivity contribution in [2.75, 3.05) is 23.3 Å². The molecule has 1 aliphatic heterocycles. The molecule has 0 radical (unpaired) electrons. The molecular weight excluding hydrogens is 357 g/mol. The topological polar surface area (TPSA) is 52.7 Å². The molecule has 2 aromatic carbocycles. The van der Waals surface area contributed by atoms with E-state index in [9.17, 15) is 14.0 Å². The minimum atomic E-state index is -0.298. The van der Waals surface area contributed by atoms with Gasteiger partial charge in [-0.3, -0.25) is 9.69 Å². The zero-order chi connectivity index (χ0) is 19.5. The van der Waals surface area contributed by atoms with Crippen molar-refractivity contribution in [3.05, 3.63) is 59.9 Å². The molecule has 1 aliphatic carbocycles. The Balaban J connectivity index is 1.47. The van der Waals surface area contributed by atoms with Gasteiger partial charge in [0.05, 0.1) is 6.54 Å². The Labute approximate surface area is 164 Å². The fraction of sp³-hybridized carbons (Fsp3) is 0.364. The minimum Gasteiger partial charge on any atom is -0.326 e. The van der Waals surface area contributed by atoms with E-state index in [-0.39, 0.29) is 30.2 Å². The molecule has 0 spiro atoms. The highest BCUT2D eigenvalue weighted by Gasteiger charge is 2.28. The van der Waals surface area contributed by atoms with Gasteiger partial charge in [0.1, 0.15) is 5.82 Å². The molecule has 0 aromatic heterocycles. The highest BCUT2D eigenvalue weighted by Crippen LogP contribution is 2.29. The van der Waals surface area contributed by atoms with Crippen molar-refractivity contribution in [3.8, 4) is 0 Å². The SMILES string of the molecule is O=C(Nc1cccc(N2CCCN(Cc3ccccc3F)C2=O)c1)C1CCC1. The molecule has 5 nitrogen and oxygen atoms in total. The Kier molecular flexibility index (Phi) is 5.28. The van der Waals surface area contributed by atoms with E-state index in [1.165, 1.54) is 6.07 Å². The molecule has 1 saturated heterocycles. The largest absolute Gasteiger partial charge is 0.326 e. The smallest absolute Gasteiger partial charge is 0.324 e. The number of benzene rings is 2. The Morgan fingerprint density at radius 1 is 1.07 bits per heavy atom. The molecule has 2 aromatic rings. The maximum atomic E-state index is 14.0. The molecule has 0 atom stereocenters. The van der Waals surface area contributed by atoms with Crippen LogP contribution in [0.1, 0.15) is 31.2 Å². The number of anilines is 2. The predicted octanol–water partition coefficient (Wildman–Crippen LogP) is 4.40. The third-order valence-electron chi connectivity index (χ3n) is 5.53. The average molecular weight is 381 g/mol. The Morgan fingerprint density at radius 2 is 1.89 bits per heavy atom. The van der Waals surface area contributed by atoms with E-state index in [0.717, 1.165) is 31.4 Å². The van der Waals surface area contributed by atoms with Crippen LogP contribution >= 0.6 is 0 Å². The van der Waals surface area contributed by atoms with Gasteiger partial charge in [-0.15, -0.1) is 0 Å². The van der Waals surface area contributed by atoms with E-state index in [4.69, 9.17) is 0 Å². The molecule has 1 heterocycles. The second-order valence-corrected chi connectivity index (χ2v) is 7.47. The van der Waals surface area contributed by atoms with Crippen molar-refractivity contribution in [2.24, 2.45) is 5.92 Å². The number of hydrogen-bond donors (Lipinski definition) is 1. The molecule has 146 valence electrons. The van der Waals surface area contributed by atoms with Gasteiger partial charge in [0, 0.05) is 35.9 Å². The summed E-state index contributed by atoms with van der Waals surface area (Å²) in [6.07, 6.45) is 3.80. The normalized spacial score (nSPS) is 17.4. The number of rotatable bonds is 5. The monoisotopic (exact) mass is 381 g/mol. The number of carbonyl (C=O) groups is 2. The second kappa shape index (κ2) is 8.00. The Hall–Kier alpha value is -2.89. The molecule has 2 fully saturated rings. The number of hydrogen-bond acceptors (Lipinski definition) is 2. The standard InChI is InChI=1S/C22H24FN3O2/c23-20-11-2-1-6-17(20)15-25-12-5-13-26(22(25)28)19-10-4-9-18(14-19)24-21(27)16-7-3-8-16/h1-2,4,6,9-11,14,16H,3,5,7-8,12-13,15H2,(H,24,27). The summed E-state index contributed by atoms with van der Waals surface area (Å²) in [5.41, 5.74) is 1.96. The van der Waals surface area contributed by atoms with Gasteiger partial charge >= 0.3 is 6.03 Å². The molecular formula is C22H24FN3O2. The van der Waals surface area contributed by atoms with E-state index < -0.39 is 0 Å². The first-order valence-electron chi connectivity index (χ1n) is 9.82. The van der Waals surface area contributed by atoms with Crippen molar-refractivity contribution in [1.29, 1.82) is 0 Å².